The van der Waals surface area contributed by atoms with Crippen LogP contribution in [0.25, 0.3) is 10.8 Å². The van der Waals surface area contributed by atoms with Crippen molar-refractivity contribution in [3.8, 4) is 0 Å². The first-order valence-corrected chi connectivity index (χ1v) is 9.10. The molecule has 0 heterocycles. The summed E-state index contributed by atoms with van der Waals surface area (Å²) in [6, 6.07) is 13.6. The fourth-order valence-corrected chi connectivity index (χ4v) is 3.21. The van der Waals surface area contributed by atoms with Crippen LogP contribution in [0.3, 0.4) is 0 Å². The van der Waals surface area contributed by atoms with Crippen molar-refractivity contribution in [2.75, 3.05) is 12.8 Å². The highest BCUT2D eigenvalue weighted by Crippen LogP contribution is 2.24. The molecule has 2 amide bonds. The molecular formula is C19H24N2O3S. The molecule has 0 radical (unpaired) electrons. The SMILES string of the molecule is CNC(=O)C(CSc1ccc2ccccc2c1)NC(=O)OC(C)(C)C. The number of fused-ring (bicyclic) bond motifs is 1. The quantitative estimate of drug-likeness (QED) is 0.800. The molecule has 0 aliphatic rings. The second-order valence-electron chi connectivity index (χ2n) is 6.63. The number of carbonyl (C=O) groups excluding carboxylic acids is 2. The molecule has 0 aromatic heterocycles. The molecule has 1 atom stereocenters. The minimum Gasteiger partial charge on any atom is -0.444 e. The van der Waals surface area contributed by atoms with Crippen LogP contribution < -0.4 is 10.6 Å². The van der Waals surface area contributed by atoms with E-state index in [0.717, 1.165) is 10.3 Å². The summed E-state index contributed by atoms with van der Waals surface area (Å²) in [5.74, 6) is 0.163. The van der Waals surface area contributed by atoms with Gasteiger partial charge in [0.1, 0.15) is 11.6 Å². The number of ether oxygens (including phenoxy) is 1. The molecule has 2 aromatic rings. The number of alkyl carbamates (subject to hydrolysis) is 1. The fourth-order valence-electron chi connectivity index (χ4n) is 2.24. The van der Waals surface area contributed by atoms with Crippen LogP contribution in [0.4, 0.5) is 4.79 Å². The summed E-state index contributed by atoms with van der Waals surface area (Å²) in [4.78, 5) is 25.0. The molecular weight excluding hydrogens is 336 g/mol. The molecule has 0 aliphatic heterocycles. The van der Waals surface area contributed by atoms with Gasteiger partial charge in [-0.15, -0.1) is 11.8 Å². The summed E-state index contributed by atoms with van der Waals surface area (Å²) in [6.45, 7) is 5.35. The van der Waals surface area contributed by atoms with E-state index in [-0.39, 0.29) is 5.91 Å². The van der Waals surface area contributed by atoms with E-state index in [1.807, 2.05) is 24.3 Å². The van der Waals surface area contributed by atoms with Crippen LogP contribution in [-0.4, -0.2) is 36.4 Å². The van der Waals surface area contributed by atoms with Gasteiger partial charge in [-0.3, -0.25) is 4.79 Å². The van der Waals surface area contributed by atoms with Gasteiger partial charge < -0.3 is 15.4 Å². The smallest absolute Gasteiger partial charge is 0.408 e. The zero-order valence-electron chi connectivity index (χ0n) is 15.0. The van der Waals surface area contributed by atoms with Gasteiger partial charge in [0.25, 0.3) is 0 Å². The molecule has 0 bridgehead atoms. The number of hydrogen-bond acceptors (Lipinski definition) is 4. The lowest BCUT2D eigenvalue weighted by Crippen LogP contribution is -2.48. The van der Waals surface area contributed by atoms with E-state index in [0.29, 0.717) is 5.75 Å². The molecule has 5 nitrogen and oxygen atoms in total. The summed E-state index contributed by atoms with van der Waals surface area (Å²) in [6.07, 6.45) is -0.597. The van der Waals surface area contributed by atoms with Gasteiger partial charge in [-0.25, -0.2) is 4.79 Å². The first-order valence-electron chi connectivity index (χ1n) is 8.11. The largest absolute Gasteiger partial charge is 0.444 e. The second kappa shape index (κ2) is 8.25. The van der Waals surface area contributed by atoms with Gasteiger partial charge in [0.15, 0.2) is 0 Å². The van der Waals surface area contributed by atoms with Crippen LogP contribution in [0, 0.1) is 0 Å². The van der Waals surface area contributed by atoms with Gasteiger partial charge in [0.2, 0.25) is 5.91 Å². The van der Waals surface area contributed by atoms with Crippen molar-refractivity contribution in [1.29, 1.82) is 0 Å². The molecule has 134 valence electrons. The van der Waals surface area contributed by atoms with Crippen molar-refractivity contribution in [3.63, 3.8) is 0 Å². The molecule has 2 rings (SSSR count). The van der Waals surface area contributed by atoms with Gasteiger partial charge >= 0.3 is 6.09 Å². The lowest BCUT2D eigenvalue weighted by Gasteiger charge is -2.22. The zero-order valence-corrected chi connectivity index (χ0v) is 15.8. The monoisotopic (exact) mass is 360 g/mol. The average Bonchev–Trinajstić information content (AvgIpc) is 2.56. The van der Waals surface area contributed by atoms with Gasteiger partial charge in [0, 0.05) is 17.7 Å². The third-order valence-electron chi connectivity index (χ3n) is 3.39. The number of benzene rings is 2. The Bertz CT molecular complexity index is 756. The Labute approximate surface area is 152 Å². The zero-order chi connectivity index (χ0) is 18.4. The van der Waals surface area contributed by atoms with Crippen LogP contribution in [0.15, 0.2) is 47.4 Å². The van der Waals surface area contributed by atoms with Crippen molar-refractivity contribution in [2.45, 2.75) is 37.3 Å². The summed E-state index contributed by atoms with van der Waals surface area (Å²) >= 11 is 1.52. The van der Waals surface area contributed by atoms with Crippen molar-refractivity contribution in [3.05, 3.63) is 42.5 Å². The van der Waals surface area contributed by atoms with Crippen LogP contribution in [0.5, 0.6) is 0 Å². The predicted molar refractivity (Wildman–Crippen MR) is 102 cm³/mol. The Hall–Kier alpha value is -2.21. The summed E-state index contributed by atoms with van der Waals surface area (Å²) in [5, 5.41) is 7.53. The molecule has 6 heteroatoms. The highest BCUT2D eigenvalue weighted by atomic mass is 32.2. The van der Waals surface area contributed by atoms with Crippen LogP contribution in [0.1, 0.15) is 20.8 Å². The van der Waals surface area contributed by atoms with E-state index in [9.17, 15) is 9.59 Å². The molecule has 0 saturated heterocycles. The maximum atomic E-state index is 12.1. The standard InChI is InChI=1S/C19H24N2O3S/c1-19(2,3)24-18(23)21-16(17(22)20-4)12-25-15-10-9-13-7-5-6-8-14(13)11-15/h5-11,16H,12H2,1-4H3,(H,20,22)(H,21,23). The highest BCUT2D eigenvalue weighted by molar-refractivity contribution is 7.99. The highest BCUT2D eigenvalue weighted by Gasteiger charge is 2.23. The van der Waals surface area contributed by atoms with Crippen LogP contribution in [0.2, 0.25) is 0 Å². The predicted octanol–water partition coefficient (Wildman–Crippen LogP) is 3.57. The summed E-state index contributed by atoms with van der Waals surface area (Å²) in [5.41, 5.74) is -0.608. The summed E-state index contributed by atoms with van der Waals surface area (Å²) in [7, 11) is 1.55. The topological polar surface area (TPSA) is 67.4 Å². The van der Waals surface area contributed by atoms with E-state index in [1.165, 1.54) is 17.1 Å². The molecule has 0 fully saturated rings. The molecule has 0 saturated carbocycles. The minimum atomic E-state index is -0.670. The first-order chi connectivity index (χ1) is 11.8. The van der Waals surface area contributed by atoms with E-state index in [1.54, 1.807) is 27.8 Å². The maximum absolute atomic E-state index is 12.1. The van der Waals surface area contributed by atoms with Crippen molar-refractivity contribution < 1.29 is 14.3 Å². The molecule has 0 spiro atoms. The third kappa shape index (κ3) is 5.98. The molecule has 0 aliphatic carbocycles. The van der Waals surface area contributed by atoms with Crippen LogP contribution in [-0.2, 0) is 9.53 Å². The van der Waals surface area contributed by atoms with Gasteiger partial charge in [-0.2, -0.15) is 0 Å². The Kier molecular flexibility index (Phi) is 6.31. The lowest BCUT2D eigenvalue weighted by atomic mass is 10.1. The summed E-state index contributed by atoms with van der Waals surface area (Å²) < 4.78 is 5.23. The third-order valence-corrected chi connectivity index (χ3v) is 4.48. The fraction of sp³-hybridized carbons (Fsp3) is 0.368. The normalized spacial score (nSPS) is 12.5. The van der Waals surface area contributed by atoms with Gasteiger partial charge in [-0.1, -0.05) is 30.3 Å². The van der Waals surface area contributed by atoms with Crippen molar-refractivity contribution in [1.82, 2.24) is 10.6 Å². The second-order valence-corrected chi connectivity index (χ2v) is 7.73. The van der Waals surface area contributed by atoms with Crippen molar-refractivity contribution in [2.24, 2.45) is 0 Å². The molecule has 2 aromatic carbocycles. The molecule has 25 heavy (non-hydrogen) atoms. The Morgan fingerprint density at radius 1 is 1.12 bits per heavy atom. The molecule has 2 N–H and O–H groups in total. The number of thioether (sulfide) groups is 1. The lowest BCUT2D eigenvalue weighted by molar-refractivity contribution is -0.122. The van der Waals surface area contributed by atoms with Crippen molar-refractivity contribution >= 4 is 34.5 Å². The number of hydrogen-bond donors (Lipinski definition) is 2. The Morgan fingerprint density at radius 2 is 1.80 bits per heavy atom. The van der Waals surface area contributed by atoms with E-state index < -0.39 is 17.7 Å². The first kappa shape index (κ1) is 19.1. The number of likely N-dealkylation sites (N-methyl/N-ethyl adjacent to an activating group) is 1. The number of carbonyl (C=O) groups is 2. The van der Waals surface area contributed by atoms with Crippen LogP contribution >= 0.6 is 11.8 Å². The molecule has 1 unspecified atom stereocenters. The van der Waals surface area contributed by atoms with E-state index in [2.05, 4.69) is 28.8 Å². The van der Waals surface area contributed by atoms with E-state index >= 15 is 0 Å². The number of rotatable bonds is 5. The minimum absolute atomic E-state index is 0.251. The number of amides is 2. The van der Waals surface area contributed by atoms with E-state index in [4.69, 9.17) is 4.74 Å². The Balaban J connectivity index is 2.03. The number of nitrogens with one attached hydrogen (secondary N) is 2. The average molecular weight is 360 g/mol. The van der Waals surface area contributed by atoms with Gasteiger partial charge in [-0.05, 0) is 43.7 Å². The maximum Gasteiger partial charge on any atom is 0.408 e. The van der Waals surface area contributed by atoms with Gasteiger partial charge in [0.05, 0.1) is 0 Å². The Morgan fingerprint density at radius 3 is 2.44 bits per heavy atom.